The van der Waals surface area contributed by atoms with Gasteiger partial charge in [-0.05, 0) is 25.0 Å². The van der Waals surface area contributed by atoms with Crippen LogP contribution in [0.15, 0.2) is 16.5 Å². The average Bonchev–Trinajstić information content (AvgIpc) is 2.84. The number of amides is 1. The third-order valence-electron chi connectivity index (χ3n) is 3.45. The van der Waals surface area contributed by atoms with Gasteiger partial charge in [0.1, 0.15) is 12.4 Å². The molecular weight excluding hydrogens is 246 g/mol. The Hall–Kier alpha value is -1.33. The van der Waals surface area contributed by atoms with Crippen LogP contribution in [-0.2, 0) is 11.3 Å². The monoisotopic (exact) mass is 269 g/mol. The summed E-state index contributed by atoms with van der Waals surface area (Å²) in [7, 11) is 1.56. The molecule has 0 aliphatic rings. The molecule has 5 nitrogen and oxygen atoms in total. The molecule has 0 fully saturated rings. The van der Waals surface area contributed by atoms with Crippen molar-refractivity contribution in [2.24, 2.45) is 5.92 Å². The normalized spacial score (nSPS) is 15.8. The summed E-state index contributed by atoms with van der Waals surface area (Å²) in [6.07, 6.45) is 0.849. The molecule has 0 radical (unpaired) electrons. The minimum Gasteiger partial charge on any atom is -0.453 e. The molecule has 1 heterocycles. The fourth-order valence-corrected chi connectivity index (χ4v) is 1.68. The van der Waals surface area contributed by atoms with Gasteiger partial charge in [-0.25, -0.2) is 0 Å². The molecular formula is C14H23NO4. The molecule has 1 aromatic rings. The number of furan rings is 1. The highest BCUT2D eigenvalue weighted by Gasteiger charge is 2.28. The predicted molar refractivity (Wildman–Crippen MR) is 71.8 cm³/mol. The smallest absolute Gasteiger partial charge is 0.287 e. The van der Waals surface area contributed by atoms with Gasteiger partial charge in [0.05, 0.1) is 5.60 Å². The van der Waals surface area contributed by atoms with Crippen molar-refractivity contribution in [1.29, 1.82) is 0 Å². The van der Waals surface area contributed by atoms with Crippen LogP contribution in [0.4, 0.5) is 0 Å². The molecule has 2 N–H and O–H groups in total. The largest absolute Gasteiger partial charge is 0.453 e. The molecule has 0 saturated heterocycles. The van der Waals surface area contributed by atoms with Gasteiger partial charge in [0.15, 0.2) is 5.76 Å². The van der Waals surface area contributed by atoms with Crippen molar-refractivity contribution in [3.63, 3.8) is 0 Å². The molecule has 0 spiro atoms. The highest BCUT2D eigenvalue weighted by Crippen LogP contribution is 2.19. The van der Waals surface area contributed by atoms with E-state index < -0.39 is 5.60 Å². The second-order valence-corrected chi connectivity index (χ2v) is 5.05. The minimum atomic E-state index is -0.924. The van der Waals surface area contributed by atoms with Crippen molar-refractivity contribution in [3.05, 3.63) is 23.7 Å². The van der Waals surface area contributed by atoms with Gasteiger partial charge in [0.25, 0.3) is 5.91 Å². The molecule has 0 aliphatic heterocycles. The minimum absolute atomic E-state index is 0.105. The van der Waals surface area contributed by atoms with Gasteiger partial charge < -0.3 is 19.6 Å². The van der Waals surface area contributed by atoms with Crippen LogP contribution in [0.3, 0.4) is 0 Å². The Morgan fingerprint density at radius 2 is 2.26 bits per heavy atom. The molecule has 2 atom stereocenters. The van der Waals surface area contributed by atoms with Gasteiger partial charge in [-0.1, -0.05) is 20.3 Å². The zero-order chi connectivity index (χ0) is 14.5. The van der Waals surface area contributed by atoms with Crippen molar-refractivity contribution in [1.82, 2.24) is 5.32 Å². The molecule has 2 unspecified atom stereocenters. The van der Waals surface area contributed by atoms with Crippen LogP contribution in [0.5, 0.6) is 0 Å². The quantitative estimate of drug-likeness (QED) is 0.793. The van der Waals surface area contributed by atoms with E-state index in [0.29, 0.717) is 12.4 Å². The number of hydrogen-bond acceptors (Lipinski definition) is 4. The lowest BCUT2D eigenvalue weighted by molar-refractivity contribution is 0.00566. The zero-order valence-corrected chi connectivity index (χ0v) is 12.0. The number of carbonyl (C=O) groups is 1. The lowest BCUT2D eigenvalue weighted by Crippen LogP contribution is -2.45. The molecule has 19 heavy (non-hydrogen) atoms. The van der Waals surface area contributed by atoms with E-state index in [0.717, 1.165) is 6.42 Å². The third kappa shape index (κ3) is 4.36. The Morgan fingerprint density at radius 1 is 1.58 bits per heavy atom. The molecule has 0 aliphatic carbocycles. The van der Waals surface area contributed by atoms with Crippen molar-refractivity contribution in [2.75, 3.05) is 13.7 Å². The average molecular weight is 269 g/mol. The molecule has 0 bridgehead atoms. The van der Waals surface area contributed by atoms with Gasteiger partial charge in [0, 0.05) is 13.7 Å². The molecule has 0 saturated carbocycles. The molecule has 1 amide bonds. The Kier molecular flexibility index (Phi) is 5.57. The zero-order valence-electron chi connectivity index (χ0n) is 12.0. The van der Waals surface area contributed by atoms with Crippen LogP contribution in [0.2, 0.25) is 0 Å². The second kappa shape index (κ2) is 6.73. The number of methoxy groups -OCH3 is 1. The number of nitrogens with one attached hydrogen (secondary N) is 1. The maximum Gasteiger partial charge on any atom is 0.287 e. The molecule has 5 heteroatoms. The third-order valence-corrected chi connectivity index (χ3v) is 3.45. The Morgan fingerprint density at radius 3 is 2.84 bits per heavy atom. The molecule has 0 aromatic carbocycles. The van der Waals surface area contributed by atoms with Crippen molar-refractivity contribution in [2.45, 2.75) is 39.4 Å². The number of rotatable bonds is 7. The van der Waals surface area contributed by atoms with Crippen LogP contribution in [-0.4, -0.2) is 30.3 Å². The second-order valence-electron chi connectivity index (χ2n) is 5.05. The van der Waals surface area contributed by atoms with E-state index in [9.17, 15) is 9.90 Å². The summed E-state index contributed by atoms with van der Waals surface area (Å²) in [5.74, 6) is 0.604. The van der Waals surface area contributed by atoms with E-state index in [4.69, 9.17) is 9.15 Å². The fraction of sp³-hybridized carbons (Fsp3) is 0.643. The standard InChI is InChI=1S/C14H23NO4/c1-5-10(2)14(3,17)9-15-13(16)12-7-6-11(19-12)8-18-4/h6-7,10,17H,5,8-9H2,1-4H3,(H,15,16). The van der Waals surface area contributed by atoms with Gasteiger partial charge in [0.2, 0.25) is 0 Å². The van der Waals surface area contributed by atoms with E-state index in [-0.39, 0.29) is 24.1 Å². The SMILES string of the molecule is CCC(C)C(C)(O)CNC(=O)c1ccc(COC)o1. The van der Waals surface area contributed by atoms with Gasteiger partial charge >= 0.3 is 0 Å². The Bertz CT molecular complexity index is 411. The number of aliphatic hydroxyl groups is 1. The van der Waals surface area contributed by atoms with Crippen LogP contribution >= 0.6 is 0 Å². The van der Waals surface area contributed by atoms with E-state index >= 15 is 0 Å². The summed E-state index contributed by atoms with van der Waals surface area (Å²) in [5, 5.41) is 12.9. The van der Waals surface area contributed by atoms with Crippen LogP contribution in [0.25, 0.3) is 0 Å². The summed E-state index contributed by atoms with van der Waals surface area (Å²) in [5.41, 5.74) is -0.924. The van der Waals surface area contributed by atoms with E-state index in [1.807, 2.05) is 13.8 Å². The maximum atomic E-state index is 11.9. The first-order chi connectivity index (χ1) is 8.90. The lowest BCUT2D eigenvalue weighted by Gasteiger charge is -2.29. The first-order valence-corrected chi connectivity index (χ1v) is 6.49. The highest BCUT2D eigenvalue weighted by molar-refractivity contribution is 5.91. The number of ether oxygens (including phenoxy) is 1. The first-order valence-electron chi connectivity index (χ1n) is 6.49. The molecule has 1 rings (SSSR count). The summed E-state index contributed by atoms with van der Waals surface area (Å²) in [4.78, 5) is 11.9. The van der Waals surface area contributed by atoms with Gasteiger partial charge in [-0.2, -0.15) is 0 Å². The van der Waals surface area contributed by atoms with Crippen LogP contribution < -0.4 is 5.32 Å². The van der Waals surface area contributed by atoms with Crippen molar-refractivity contribution < 1.29 is 19.1 Å². The molecule has 108 valence electrons. The van der Waals surface area contributed by atoms with Crippen molar-refractivity contribution in [3.8, 4) is 0 Å². The highest BCUT2D eigenvalue weighted by atomic mass is 16.5. The summed E-state index contributed by atoms with van der Waals surface area (Å²) < 4.78 is 10.2. The fourth-order valence-electron chi connectivity index (χ4n) is 1.68. The summed E-state index contributed by atoms with van der Waals surface area (Å²) >= 11 is 0. The topological polar surface area (TPSA) is 71.7 Å². The van der Waals surface area contributed by atoms with Gasteiger partial charge in [-0.15, -0.1) is 0 Å². The van der Waals surface area contributed by atoms with E-state index in [1.54, 1.807) is 26.2 Å². The maximum absolute atomic E-state index is 11.9. The summed E-state index contributed by atoms with van der Waals surface area (Å²) in [6, 6.07) is 3.30. The van der Waals surface area contributed by atoms with E-state index in [1.165, 1.54) is 0 Å². The number of hydrogen-bond donors (Lipinski definition) is 2. The Balaban J connectivity index is 2.55. The van der Waals surface area contributed by atoms with Crippen molar-refractivity contribution >= 4 is 5.91 Å². The molecule has 1 aromatic heterocycles. The first kappa shape index (κ1) is 15.7. The number of carbonyl (C=O) groups excluding carboxylic acids is 1. The Labute approximate surface area is 113 Å². The summed E-state index contributed by atoms with van der Waals surface area (Å²) in [6.45, 7) is 6.21. The van der Waals surface area contributed by atoms with Crippen LogP contribution in [0.1, 0.15) is 43.5 Å². The predicted octanol–water partition coefficient (Wildman–Crippen LogP) is 1.95. The lowest BCUT2D eigenvalue weighted by atomic mass is 9.88. The van der Waals surface area contributed by atoms with Crippen LogP contribution in [0, 0.1) is 5.92 Å². The van der Waals surface area contributed by atoms with Gasteiger partial charge in [-0.3, -0.25) is 4.79 Å². The van der Waals surface area contributed by atoms with E-state index in [2.05, 4.69) is 5.32 Å².